The molecule has 8 heteroatoms. The predicted octanol–water partition coefficient (Wildman–Crippen LogP) is 0.989. The zero-order chi connectivity index (χ0) is 14.9. The number of rotatable bonds is 3. The van der Waals surface area contributed by atoms with Crippen molar-refractivity contribution in [2.45, 2.75) is 30.8 Å². The normalized spacial score (nSPS) is 18.1. The summed E-state index contributed by atoms with van der Waals surface area (Å²) in [4.78, 5) is 11.8. The Hall–Kier alpha value is -0.960. The Labute approximate surface area is 122 Å². The first-order valence-corrected chi connectivity index (χ1v) is 8.54. The maximum Gasteiger partial charge on any atom is 0.349 e. The topological polar surface area (TPSA) is 83.9 Å². The highest BCUT2D eigenvalue weighted by molar-refractivity contribution is 7.89. The highest BCUT2D eigenvalue weighted by Gasteiger charge is 2.34. The third-order valence-electron chi connectivity index (χ3n) is 3.31. The first-order chi connectivity index (χ1) is 9.37. The summed E-state index contributed by atoms with van der Waals surface area (Å²) < 4.78 is 31.3. The fourth-order valence-corrected chi connectivity index (χ4v) is 5.33. The van der Waals surface area contributed by atoms with Gasteiger partial charge in [-0.05, 0) is 30.7 Å². The lowest BCUT2D eigenvalue weighted by Gasteiger charge is -2.29. The molecule has 20 heavy (non-hydrogen) atoms. The standard InChI is InChI=1S/C12H17NO5S2/c1-8-7-19-10(12(15)18-2)11(8)20(16,17)13-5-3-9(14)4-6-13/h7,9,14H,3-6H2,1-2H3. The molecule has 0 spiro atoms. The molecule has 0 aromatic carbocycles. The number of carbonyl (C=O) groups is 1. The summed E-state index contributed by atoms with van der Waals surface area (Å²) in [5.74, 6) is -0.640. The van der Waals surface area contributed by atoms with Crippen molar-refractivity contribution >= 4 is 27.3 Å². The SMILES string of the molecule is COC(=O)c1scc(C)c1S(=O)(=O)N1CCC(O)CC1. The van der Waals surface area contributed by atoms with Gasteiger partial charge in [0.15, 0.2) is 0 Å². The fraction of sp³-hybridized carbons (Fsp3) is 0.583. The third-order valence-corrected chi connectivity index (χ3v) is 6.60. The number of esters is 1. The van der Waals surface area contributed by atoms with Gasteiger partial charge in [0.1, 0.15) is 9.77 Å². The number of methoxy groups -OCH3 is 1. The zero-order valence-corrected chi connectivity index (χ0v) is 13.0. The van der Waals surface area contributed by atoms with Gasteiger partial charge in [-0.15, -0.1) is 11.3 Å². The van der Waals surface area contributed by atoms with Gasteiger partial charge in [-0.2, -0.15) is 4.31 Å². The summed E-state index contributed by atoms with van der Waals surface area (Å²) in [5.41, 5.74) is 0.543. The van der Waals surface area contributed by atoms with E-state index in [1.165, 1.54) is 11.4 Å². The number of aliphatic hydroxyl groups excluding tert-OH is 1. The Morgan fingerprint density at radius 2 is 2.05 bits per heavy atom. The van der Waals surface area contributed by atoms with Gasteiger partial charge in [0, 0.05) is 13.1 Å². The molecule has 0 radical (unpaired) electrons. The minimum atomic E-state index is -3.73. The quantitative estimate of drug-likeness (QED) is 0.840. The number of sulfonamides is 1. The summed E-state index contributed by atoms with van der Waals surface area (Å²) >= 11 is 1.07. The van der Waals surface area contributed by atoms with Gasteiger partial charge in [0.05, 0.1) is 13.2 Å². The Kier molecular flexibility index (Phi) is 4.48. The molecule has 2 heterocycles. The average molecular weight is 319 g/mol. The molecule has 0 amide bonds. The summed E-state index contributed by atoms with van der Waals surface area (Å²) in [6.45, 7) is 2.19. The summed E-state index contributed by atoms with van der Waals surface area (Å²) in [5, 5.41) is 11.1. The number of aliphatic hydroxyl groups is 1. The zero-order valence-electron chi connectivity index (χ0n) is 11.3. The highest BCUT2D eigenvalue weighted by Crippen LogP contribution is 2.31. The molecule has 0 aliphatic carbocycles. The molecule has 1 saturated heterocycles. The van der Waals surface area contributed by atoms with Crippen molar-refractivity contribution in [3.05, 3.63) is 15.8 Å². The van der Waals surface area contributed by atoms with E-state index in [4.69, 9.17) is 0 Å². The van der Waals surface area contributed by atoms with E-state index in [9.17, 15) is 18.3 Å². The van der Waals surface area contributed by atoms with Crippen LogP contribution in [0.15, 0.2) is 10.3 Å². The number of hydrogen-bond donors (Lipinski definition) is 1. The lowest BCUT2D eigenvalue weighted by molar-refractivity contribution is 0.0601. The molecule has 1 aromatic rings. The van der Waals surface area contributed by atoms with Crippen LogP contribution in [0.2, 0.25) is 0 Å². The second-order valence-electron chi connectivity index (χ2n) is 4.70. The van der Waals surface area contributed by atoms with Gasteiger partial charge >= 0.3 is 5.97 Å². The van der Waals surface area contributed by atoms with Gasteiger partial charge in [0.25, 0.3) is 0 Å². The Bertz CT molecular complexity index is 599. The van der Waals surface area contributed by atoms with Crippen molar-refractivity contribution in [1.29, 1.82) is 0 Å². The van der Waals surface area contributed by atoms with Crippen molar-refractivity contribution in [2.24, 2.45) is 0 Å². The second kappa shape index (κ2) is 5.80. The van der Waals surface area contributed by atoms with E-state index in [-0.39, 0.29) is 22.9 Å². The lowest BCUT2D eigenvalue weighted by atomic mass is 10.1. The summed E-state index contributed by atoms with van der Waals surface area (Å²) in [6, 6.07) is 0. The first-order valence-electron chi connectivity index (χ1n) is 6.22. The van der Waals surface area contributed by atoms with Crippen LogP contribution in [0.25, 0.3) is 0 Å². The smallest absolute Gasteiger partial charge is 0.349 e. The van der Waals surface area contributed by atoms with E-state index >= 15 is 0 Å². The Morgan fingerprint density at radius 1 is 1.45 bits per heavy atom. The van der Waals surface area contributed by atoms with Gasteiger partial charge in [-0.3, -0.25) is 0 Å². The number of ether oxygens (including phenoxy) is 1. The van der Waals surface area contributed by atoms with E-state index in [1.54, 1.807) is 12.3 Å². The molecule has 6 nitrogen and oxygen atoms in total. The van der Waals surface area contributed by atoms with Crippen LogP contribution in [0.3, 0.4) is 0 Å². The van der Waals surface area contributed by atoms with E-state index < -0.39 is 22.1 Å². The van der Waals surface area contributed by atoms with Crippen molar-refractivity contribution in [3.8, 4) is 0 Å². The monoisotopic (exact) mass is 319 g/mol. The van der Waals surface area contributed by atoms with Crippen LogP contribution < -0.4 is 0 Å². The molecule has 1 aliphatic heterocycles. The van der Waals surface area contributed by atoms with Gasteiger partial charge < -0.3 is 9.84 Å². The first kappa shape index (κ1) is 15.4. The van der Waals surface area contributed by atoms with Gasteiger partial charge in [0.2, 0.25) is 10.0 Å². The minimum Gasteiger partial charge on any atom is -0.465 e. The van der Waals surface area contributed by atoms with Crippen molar-refractivity contribution < 1.29 is 23.1 Å². The van der Waals surface area contributed by atoms with E-state index in [0.29, 0.717) is 18.4 Å². The number of carbonyl (C=O) groups excluding carboxylic acids is 1. The van der Waals surface area contributed by atoms with Crippen LogP contribution in [-0.2, 0) is 14.8 Å². The molecule has 2 rings (SSSR count). The van der Waals surface area contributed by atoms with E-state index in [0.717, 1.165) is 11.3 Å². The van der Waals surface area contributed by atoms with Crippen molar-refractivity contribution in [3.63, 3.8) is 0 Å². The molecule has 0 unspecified atom stereocenters. The summed E-state index contributed by atoms with van der Waals surface area (Å²) in [7, 11) is -2.50. The largest absolute Gasteiger partial charge is 0.465 e. The molecule has 0 saturated carbocycles. The second-order valence-corrected chi connectivity index (χ2v) is 7.46. The number of thiophene rings is 1. The molecule has 1 fully saturated rings. The maximum absolute atomic E-state index is 12.7. The summed E-state index contributed by atoms with van der Waals surface area (Å²) in [6.07, 6.45) is 0.372. The number of nitrogens with zero attached hydrogens (tertiary/aromatic N) is 1. The Morgan fingerprint density at radius 3 is 2.60 bits per heavy atom. The highest BCUT2D eigenvalue weighted by atomic mass is 32.2. The molecule has 1 N–H and O–H groups in total. The van der Waals surface area contributed by atoms with Gasteiger partial charge in [-0.1, -0.05) is 0 Å². The van der Waals surface area contributed by atoms with Crippen LogP contribution in [0.4, 0.5) is 0 Å². The molecule has 0 atom stereocenters. The third kappa shape index (κ3) is 2.73. The number of piperidine rings is 1. The number of hydrogen-bond acceptors (Lipinski definition) is 6. The molecule has 0 bridgehead atoms. The lowest BCUT2D eigenvalue weighted by Crippen LogP contribution is -2.40. The molecule has 112 valence electrons. The average Bonchev–Trinajstić information content (AvgIpc) is 2.81. The van der Waals surface area contributed by atoms with E-state index in [2.05, 4.69) is 4.74 Å². The van der Waals surface area contributed by atoms with Crippen LogP contribution in [0.5, 0.6) is 0 Å². The van der Waals surface area contributed by atoms with Crippen molar-refractivity contribution in [2.75, 3.05) is 20.2 Å². The predicted molar refractivity (Wildman–Crippen MR) is 74.4 cm³/mol. The minimum absolute atomic E-state index is 0.0331. The Balaban J connectivity index is 2.39. The molecule has 1 aromatic heterocycles. The molecule has 1 aliphatic rings. The van der Waals surface area contributed by atoms with Crippen LogP contribution in [0, 0.1) is 6.92 Å². The van der Waals surface area contributed by atoms with Crippen LogP contribution in [-0.4, -0.2) is 50.1 Å². The fourth-order valence-electron chi connectivity index (χ4n) is 2.20. The number of aryl methyl sites for hydroxylation is 1. The van der Waals surface area contributed by atoms with Crippen molar-refractivity contribution in [1.82, 2.24) is 4.31 Å². The molecular formula is C12H17NO5S2. The van der Waals surface area contributed by atoms with E-state index in [1.807, 2.05) is 0 Å². The van der Waals surface area contributed by atoms with Crippen LogP contribution >= 0.6 is 11.3 Å². The van der Waals surface area contributed by atoms with Crippen LogP contribution in [0.1, 0.15) is 28.1 Å². The maximum atomic E-state index is 12.7. The van der Waals surface area contributed by atoms with Gasteiger partial charge in [-0.25, -0.2) is 13.2 Å². The molecular weight excluding hydrogens is 302 g/mol.